The van der Waals surface area contributed by atoms with E-state index in [-0.39, 0.29) is 10.6 Å². The predicted molar refractivity (Wildman–Crippen MR) is 140 cm³/mol. The fourth-order valence-corrected chi connectivity index (χ4v) is 4.97. The highest BCUT2D eigenvalue weighted by Gasteiger charge is 2.20. The number of nitrogens with zero attached hydrogens (tertiary/aromatic N) is 2. The molecule has 9 heteroatoms. The monoisotopic (exact) mass is 496 g/mol. The van der Waals surface area contributed by atoms with Crippen LogP contribution in [0.3, 0.4) is 0 Å². The summed E-state index contributed by atoms with van der Waals surface area (Å²) in [6.07, 6.45) is 5.69. The summed E-state index contributed by atoms with van der Waals surface area (Å²) in [7, 11) is -3.15. The van der Waals surface area contributed by atoms with Gasteiger partial charge in [-0.15, -0.1) is 0 Å². The number of aromatic nitrogens is 4. The third-order valence-electron chi connectivity index (χ3n) is 5.92. The first-order valence-corrected chi connectivity index (χ1v) is 12.5. The number of benzene rings is 1. The molecule has 4 aromatic rings. The highest BCUT2D eigenvalue weighted by Crippen LogP contribution is 2.33. The van der Waals surface area contributed by atoms with Gasteiger partial charge in [0.15, 0.2) is 0 Å². The van der Waals surface area contributed by atoms with Crippen LogP contribution in [0.15, 0.2) is 71.6 Å². The van der Waals surface area contributed by atoms with Gasteiger partial charge in [-0.05, 0) is 84.5 Å². The molecular formula is C27H20N4O4S. The van der Waals surface area contributed by atoms with E-state index in [1.807, 2.05) is 66.8 Å². The lowest BCUT2D eigenvalue weighted by atomic mass is 10.0. The Morgan fingerprint density at radius 1 is 0.750 bits per heavy atom. The first-order valence-electron chi connectivity index (χ1n) is 11.1. The van der Waals surface area contributed by atoms with Gasteiger partial charge in [-0.2, -0.15) is 8.42 Å². The number of H-pyrrole nitrogens is 2. The van der Waals surface area contributed by atoms with Crippen molar-refractivity contribution in [2.75, 3.05) is 7.11 Å². The highest BCUT2D eigenvalue weighted by atomic mass is 32.2. The quantitative estimate of drug-likeness (QED) is 0.285. The van der Waals surface area contributed by atoms with Crippen molar-refractivity contribution in [1.29, 1.82) is 0 Å². The summed E-state index contributed by atoms with van der Waals surface area (Å²) in [5.74, 6) is 0.0592. The Morgan fingerprint density at radius 3 is 2.00 bits per heavy atom. The molecule has 3 aromatic heterocycles. The second-order valence-corrected chi connectivity index (χ2v) is 9.82. The molecule has 36 heavy (non-hydrogen) atoms. The number of rotatable bonds is 3. The maximum absolute atomic E-state index is 12.0. The summed E-state index contributed by atoms with van der Waals surface area (Å²) in [4.78, 5) is 15.9. The van der Waals surface area contributed by atoms with E-state index in [4.69, 9.17) is 9.72 Å². The molecule has 0 saturated carbocycles. The van der Waals surface area contributed by atoms with Gasteiger partial charge < -0.3 is 14.7 Å². The van der Waals surface area contributed by atoms with Gasteiger partial charge in [0.25, 0.3) is 10.1 Å². The van der Waals surface area contributed by atoms with Gasteiger partial charge in [0.05, 0.1) is 29.9 Å². The molecule has 0 amide bonds. The molecule has 0 spiro atoms. The van der Waals surface area contributed by atoms with Crippen LogP contribution in [-0.4, -0.2) is 40.0 Å². The summed E-state index contributed by atoms with van der Waals surface area (Å²) in [5.41, 5.74) is 7.76. The number of methoxy groups -OCH3 is 1. The minimum Gasteiger partial charge on any atom is -0.495 e. The van der Waals surface area contributed by atoms with Crippen molar-refractivity contribution < 1.29 is 17.7 Å². The molecule has 0 fully saturated rings. The molecule has 3 N–H and O–H groups in total. The molecule has 8 nitrogen and oxygen atoms in total. The van der Waals surface area contributed by atoms with Gasteiger partial charge in [-0.1, -0.05) is 6.07 Å². The van der Waals surface area contributed by atoms with Crippen molar-refractivity contribution in [1.82, 2.24) is 19.9 Å². The van der Waals surface area contributed by atoms with Gasteiger partial charge >= 0.3 is 0 Å². The van der Waals surface area contributed by atoms with Crippen LogP contribution in [0.5, 0.6) is 5.75 Å². The molecule has 178 valence electrons. The Kier molecular flexibility index (Phi) is 5.10. The minimum absolute atomic E-state index is 0.0592. The summed E-state index contributed by atoms with van der Waals surface area (Å²) >= 11 is 0. The molecule has 0 atom stereocenters. The second-order valence-electron chi connectivity index (χ2n) is 8.43. The standard InChI is InChI=1S/C27H20N4O4S/c1-35-26-9-2-16(10-27(26)36(32,33)34)24-14-23-13-21-6-5-19(29-21)11-17-3-4-18(28-17)12-20-7-8-22(30-20)15-25(24)31-23/h2-15,28-29H,1H3,(H,32,33,34). The molecular weight excluding hydrogens is 476 g/mol. The Balaban J connectivity index is 1.61. The molecule has 8 bridgehead atoms. The van der Waals surface area contributed by atoms with Crippen molar-refractivity contribution in [3.05, 3.63) is 95.1 Å². The lowest BCUT2D eigenvalue weighted by molar-refractivity contribution is 0.397. The normalized spacial score (nSPS) is 13.0. The average Bonchev–Trinajstić information content (AvgIpc) is 3.63. The van der Waals surface area contributed by atoms with Crippen LogP contribution in [0.2, 0.25) is 0 Å². The van der Waals surface area contributed by atoms with Gasteiger partial charge in [-0.3, -0.25) is 4.55 Å². The lowest BCUT2D eigenvalue weighted by Gasteiger charge is -2.09. The van der Waals surface area contributed by atoms with E-state index in [9.17, 15) is 13.0 Å². The van der Waals surface area contributed by atoms with E-state index < -0.39 is 10.1 Å². The van der Waals surface area contributed by atoms with E-state index in [0.29, 0.717) is 28.2 Å². The van der Waals surface area contributed by atoms with Crippen LogP contribution in [0.1, 0.15) is 28.3 Å². The second kappa shape index (κ2) is 8.33. The van der Waals surface area contributed by atoms with Crippen LogP contribution < -0.4 is 4.74 Å². The van der Waals surface area contributed by atoms with Crippen LogP contribution >= 0.6 is 0 Å². The first-order chi connectivity index (χ1) is 17.3. The zero-order valence-corrected chi connectivity index (χ0v) is 19.9. The van der Waals surface area contributed by atoms with Gasteiger partial charge in [-0.25, -0.2) is 9.97 Å². The summed E-state index contributed by atoms with van der Waals surface area (Å²) < 4.78 is 38.8. The van der Waals surface area contributed by atoms with Crippen LogP contribution in [-0.2, 0) is 10.1 Å². The third-order valence-corrected chi connectivity index (χ3v) is 6.79. The molecule has 0 radical (unpaired) electrons. The van der Waals surface area contributed by atoms with E-state index in [2.05, 4.69) is 15.0 Å². The first kappa shape index (κ1) is 22.0. The molecule has 5 heterocycles. The molecule has 6 rings (SSSR count). The molecule has 0 aliphatic carbocycles. The summed E-state index contributed by atoms with van der Waals surface area (Å²) in [6, 6.07) is 20.3. The number of hydrogen-bond donors (Lipinski definition) is 3. The Labute approximate surface area is 206 Å². The molecule has 2 aliphatic heterocycles. The lowest BCUT2D eigenvalue weighted by Crippen LogP contribution is -2.02. The van der Waals surface area contributed by atoms with Gasteiger partial charge in [0.2, 0.25) is 0 Å². The highest BCUT2D eigenvalue weighted by molar-refractivity contribution is 7.86. The van der Waals surface area contributed by atoms with Crippen molar-refractivity contribution >= 4 is 56.0 Å². The number of nitrogens with one attached hydrogen (secondary N) is 2. The summed E-state index contributed by atoms with van der Waals surface area (Å²) in [5, 5.41) is 0. The Bertz CT molecular complexity index is 1860. The van der Waals surface area contributed by atoms with Crippen molar-refractivity contribution in [2.24, 2.45) is 0 Å². The predicted octanol–water partition coefficient (Wildman–Crippen LogP) is 5.33. The smallest absolute Gasteiger partial charge is 0.298 e. The number of aromatic amines is 2. The zero-order valence-electron chi connectivity index (χ0n) is 19.1. The van der Waals surface area contributed by atoms with E-state index in [0.717, 1.165) is 27.8 Å². The minimum atomic E-state index is -4.50. The van der Waals surface area contributed by atoms with Crippen LogP contribution in [0, 0.1) is 0 Å². The van der Waals surface area contributed by atoms with Crippen LogP contribution in [0.25, 0.3) is 45.9 Å². The molecule has 1 aromatic carbocycles. The topological polar surface area (TPSA) is 121 Å². The van der Waals surface area contributed by atoms with Gasteiger partial charge in [0.1, 0.15) is 10.6 Å². The SMILES string of the molecule is COc1ccc(C2=Cc3cc4ccc(cc5ccc(cc6nc(cc2n3)C=C6)[nH]5)[nH]4)cc1S(=O)(=O)O. The number of fused-ring (bicyclic) bond motifs is 8. The van der Waals surface area contributed by atoms with Crippen molar-refractivity contribution in [3.63, 3.8) is 0 Å². The average molecular weight is 497 g/mol. The molecule has 0 saturated heterocycles. The van der Waals surface area contributed by atoms with E-state index >= 15 is 0 Å². The Morgan fingerprint density at radius 2 is 1.36 bits per heavy atom. The summed E-state index contributed by atoms with van der Waals surface area (Å²) in [6.45, 7) is 0. The zero-order chi connectivity index (χ0) is 24.9. The Hall–Kier alpha value is -4.47. The van der Waals surface area contributed by atoms with E-state index in [1.165, 1.54) is 19.2 Å². The van der Waals surface area contributed by atoms with Gasteiger partial charge in [0, 0.05) is 27.6 Å². The fourth-order valence-electron chi connectivity index (χ4n) is 4.29. The van der Waals surface area contributed by atoms with Crippen molar-refractivity contribution in [3.8, 4) is 5.75 Å². The maximum Gasteiger partial charge on any atom is 0.298 e. The van der Waals surface area contributed by atoms with Crippen LogP contribution in [0.4, 0.5) is 0 Å². The molecule has 2 aliphatic rings. The maximum atomic E-state index is 12.0. The number of hydrogen-bond acceptors (Lipinski definition) is 5. The third kappa shape index (κ3) is 4.21. The van der Waals surface area contributed by atoms with Crippen molar-refractivity contribution in [2.45, 2.75) is 4.90 Å². The van der Waals surface area contributed by atoms with E-state index in [1.54, 1.807) is 6.07 Å². The fraction of sp³-hybridized carbons (Fsp3) is 0.0370. The largest absolute Gasteiger partial charge is 0.495 e. The molecule has 0 unspecified atom stereocenters. The number of ether oxygens (including phenoxy) is 1.